The molecule has 0 aromatic heterocycles. The first-order valence-electron chi connectivity index (χ1n) is 5.58. The Morgan fingerprint density at radius 3 is 2.87 bits per heavy atom. The van der Waals surface area contributed by atoms with Crippen molar-refractivity contribution in [3.63, 3.8) is 0 Å². The summed E-state index contributed by atoms with van der Waals surface area (Å²) in [5.41, 5.74) is 1.90. The van der Waals surface area contributed by atoms with Crippen molar-refractivity contribution in [2.45, 2.75) is 44.6 Å². The van der Waals surface area contributed by atoms with Gasteiger partial charge in [-0.2, -0.15) is 0 Å². The van der Waals surface area contributed by atoms with E-state index in [4.69, 9.17) is 4.74 Å². The second-order valence-electron chi connectivity index (χ2n) is 4.43. The number of aliphatic imine (C=N–C) groups is 1. The Morgan fingerprint density at radius 2 is 2.27 bits per heavy atom. The van der Waals surface area contributed by atoms with Gasteiger partial charge in [0, 0.05) is 0 Å². The Bertz CT molecular complexity index is 333. The van der Waals surface area contributed by atoms with Crippen molar-refractivity contribution in [3.05, 3.63) is 12.2 Å². The lowest BCUT2D eigenvalue weighted by molar-refractivity contribution is -0.135. The number of ether oxygens (including phenoxy) is 1. The zero-order valence-electron chi connectivity index (χ0n) is 9.21. The lowest BCUT2D eigenvalue weighted by atomic mass is 9.95. The fourth-order valence-electron chi connectivity index (χ4n) is 2.47. The van der Waals surface area contributed by atoms with Crippen molar-refractivity contribution in [2.24, 2.45) is 4.99 Å². The highest BCUT2D eigenvalue weighted by molar-refractivity contribution is 6.37. The molecule has 0 bridgehead atoms. The van der Waals surface area contributed by atoms with Crippen molar-refractivity contribution in [1.82, 2.24) is 0 Å². The molecule has 0 N–H and O–H groups in total. The van der Waals surface area contributed by atoms with E-state index >= 15 is 0 Å². The molecule has 2 aliphatic rings. The maximum atomic E-state index is 11.5. The molecule has 0 unspecified atom stereocenters. The van der Waals surface area contributed by atoms with Crippen LogP contribution in [0.4, 0.5) is 0 Å². The van der Waals surface area contributed by atoms with E-state index in [9.17, 15) is 4.79 Å². The quantitative estimate of drug-likeness (QED) is 0.514. The van der Waals surface area contributed by atoms with Crippen molar-refractivity contribution in [2.75, 3.05) is 6.61 Å². The molecule has 82 valence electrons. The highest BCUT2D eigenvalue weighted by atomic mass is 16.5. The fourth-order valence-corrected chi connectivity index (χ4v) is 2.47. The van der Waals surface area contributed by atoms with Crippen LogP contribution in [0.1, 0.15) is 39.0 Å². The predicted octanol–water partition coefficient (Wildman–Crippen LogP) is 2.26. The maximum absolute atomic E-state index is 11.5. The Hall–Kier alpha value is -1.12. The van der Waals surface area contributed by atoms with Gasteiger partial charge in [-0.3, -0.25) is 4.99 Å². The summed E-state index contributed by atoms with van der Waals surface area (Å²) in [6, 6.07) is 0. The molecule has 1 aliphatic carbocycles. The molecular weight excluding hydrogens is 190 g/mol. The topological polar surface area (TPSA) is 38.7 Å². The maximum Gasteiger partial charge on any atom is 0.352 e. The molecule has 0 amide bonds. The fraction of sp³-hybridized carbons (Fsp3) is 0.667. The number of esters is 1. The summed E-state index contributed by atoms with van der Waals surface area (Å²) in [4.78, 5) is 16.1. The van der Waals surface area contributed by atoms with Crippen LogP contribution in [-0.4, -0.2) is 23.8 Å². The number of hydrogen-bond donors (Lipinski definition) is 0. The smallest absolute Gasteiger partial charge is 0.352 e. The molecule has 1 spiro atoms. The molecule has 3 nitrogen and oxygen atoms in total. The summed E-state index contributed by atoms with van der Waals surface area (Å²) < 4.78 is 4.96. The van der Waals surface area contributed by atoms with Crippen LogP contribution in [0.15, 0.2) is 17.1 Å². The molecule has 2 rings (SSSR count). The SMILES string of the molecule is C=C1CC[C@]2(CCC(C(=O)OCC)=N2)C1. The first-order chi connectivity index (χ1) is 7.15. The molecule has 3 heteroatoms. The third-order valence-corrected chi connectivity index (χ3v) is 3.23. The van der Waals surface area contributed by atoms with Gasteiger partial charge >= 0.3 is 5.97 Å². The van der Waals surface area contributed by atoms with Gasteiger partial charge in [-0.1, -0.05) is 12.2 Å². The van der Waals surface area contributed by atoms with Gasteiger partial charge < -0.3 is 4.74 Å². The van der Waals surface area contributed by atoms with E-state index in [-0.39, 0.29) is 11.5 Å². The zero-order valence-corrected chi connectivity index (χ0v) is 9.21. The number of hydrogen-bond acceptors (Lipinski definition) is 3. The van der Waals surface area contributed by atoms with E-state index in [1.165, 1.54) is 5.57 Å². The molecule has 15 heavy (non-hydrogen) atoms. The monoisotopic (exact) mass is 207 g/mol. The second-order valence-corrected chi connectivity index (χ2v) is 4.43. The summed E-state index contributed by atoms with van der Waals surface area (Å²) in [7, 11) is 0. The minimum atomic E-state index is -0.230. The van der Waals surface area contributed by atoms with Gasteiger partial charge in [0.15, 0.2) is 0 Å². The molecule has 0 saturated heterocycles. The minimum absolute atomic E-state index is 0.000815. The molecule has 1 aliphatic heterocycles. The van der Waals surface area contributed by atoms with Crippen LogP contribution < -0.4 is 0 Å². The number of nitrogens with zero attached hydrogens (tertiary/aromatic N) is 1. The van der Waals surface area contributed by atoms with Crippen LogP contribution in [0.5, 0.6) is 0 Å². The third-order valence-electron chi connectivity index (χ3n) is 3.23. The Balaban J connectivity index is 2.08. The summed E-state index contributed by atoms with van der Waals surface area (Å²) in [6.07, 6.45) is 4.82. The van der Waals surface area contributed by atoms with Crippen LogP contribution in [0, 0.1) is 0 Å². The molecule has 1 heterocycles. The number of carbonyl (C=O) groups excluding carboxylic acids is 1. The lowest BCUT2D eigenvalue weighted by Crippen LogP contribution is -2.18. The van der Waals surface area contributed by atoms with Gasteiger partial charge in [0.2, 0.25) is 0 Å². The van der Waals surface area contributed by atoms with Crippen molar-refractivity contribution >= 4 is 11.7 Å². The van der Waals surface area contributed by atoms with E-state index in [1.807, 2.05) is 6.92 Å². The van der Waals surface area contributed by atoms with Crippen molar-refractivity contribution in [3.8, 4) is 0 Å². The summed E-state index contributed by atoms with van der Waals surface area (Å²) in [5.74, 6) is -0.230. The highest BCUT2D eigenvalue weighted by Crippen LogP contribution is 2.43. The van der Waals surface area contributed by atoms with E-state index < -0.39 is 0 Å². The predicted molar refractivity (Wildman–Crippen MR) is 59.0 cm³/mol. The van der Waals surface area contributed by atoms with Crippen LogP contribution in [0.2, 0.25) is 0 Å². The average molecular weight is 207 g/mol. The standard InChI is InChI=1S/C12H17NO2/c1-3-15-11(14)10-5-7-12(13-10)6-4-9(2)8-12/h2-8H2,1H3/t12-/m0/s1. The summed E-state index contributed by atoms with van der Waals surface area (Å²) in [5, 5.41) is 0. The summed E-state index contributed by atoms with van der Waals surface area (Å²) >= 11 is 0. The van der Waals surface area contributed by atoms with Crippen LogP contribution in [0.25, 0.3) is 0 Å². The van der Waals surface area contributed by atoms with Gasteiger partial charge in [-0.25, -0.2) is 4.79 Å². The van der Waals surface area contributed by atoms with Crippen LogP contribution >= 0.6 is 0 Å². The highest BCUT2D eigenvalue weighted by Gasteiger charge is 2.40. The molecular formula is C12H17NO2. The van der Waals surface area contributed by atoms with E-state index in [0.29, 0.717) is 12.3 Å². The van der Waals surface area contributed by atoms with E-state index in [1.54, 1.807) is 0 Å². The Kier molecular flexibility index (Phi) is 2.63. The second kappa shape index (κ2) is 3.80. The molecule has 0 radical (unpaired) electrons. The Morgan fingerprint density at radius 1 is 1.53 bits per heavy atom. The zero-order chi connectivity index (χ0) is 10.9. The molecule has 1 fully saturated rings. The molecule has 1 atom stereocenters. The van der Waals surface area contributed by atoms with Gasteiger partial charge in [0.25, 0.3) is 0 Å². The first-order valence-corrected chi connectivity index (χ1v) is 5.58. The number of carbonyl (C=O) groups is 1. The van der Waals surface area contributed by atoms with Crippen molar-refractivity contribution < 1.29 is 9.53 Å². The average Bonchev–Trinajstić information content (AvgIpc) is 2.76. The van der Waals surface area contributed by atoms with Crippen molar-refractivity contribution in [1.29, 1.82) is 0 Å². The molecule has 1 saturated carbocycles. The largest absolute Gasteiger partial charge is 0.462 e. The van der Waals surface area contributed by atoms with E-state index in [0.717, 1.165) is 32.1 Å². The van der Waals surface area contributed by atoms with E-state index in [2.05, 4.69) is 11.6 Å². The molecule has 0 aromatic rings. The van der Waals surface area contributed by atoms with Gasteiger partial charge in [0.1, 0.15) is 5.71 Å². The summed E-state index contributed by atoms with van der Waals surface area (Å²) in [6.45, 7) is 6.24. The lowest BCUT2D eigenvalue weighted by Gasteiger charge is -2.17. The van der Waals surface area contributed by atoms with Crippen LogP contribution in [-0.2, 0) is 9.53 Å². The van der Waals surface area contributed by atoms with Crippen LogP contribution in [0.3, 0.4) is 0 Å². The number of rotatable bonds is 2. The van der Waals surface area contributed by atoms with Gasteiger partial charge in [-0.05, 0) is 39.0 Å². The molecule has 0 aromatic carbocycles. The first kappa shape index (κ1) is 10.4. The van der Waals surface area contributed by atoms with Gasteiger partial charge in [-0.15, -0.1) is 0 Å². The third kappa shape index (κ3) is 1.96. The van der Waals surface area contributed by atoms with Gasteiger partial charge in [0.05, 0.1) is 12.1 Å². The minimum Gasteiger partial charge on any atom is -0.462 e. The normalized spacial score (nSPS) is 29.7. The Labute approximate surface area is 90.2 Å².